The molecule has 0 aliphatic carbocycles. The summed E-state index contributed by atoms with van der Waals surface area (Å²) in [6.07, 6.45) is 3.54. The molecule has 2 aromatic rings. The van der Waals surface area contributed by atoms with Gasteiger partial charge in [0.05, 0.1) is 33.2 Å². The second kappa shape index (κ2) is 11.1. The van der Waals surface area contributed by atoms with Crippen LogP contribution in [0.3, 0.4) is 0 Å². The van der Waals surface area contributed by atoms with Crippen LogP contribution in [0, 0.1) is 0 Å². The van der Waals surface area contributed by atoms with Gasteiger partial charge >= 0.3 is 0 Å². The van der Waals surface area contributed by atoms with Crippen molar-refractivity contribution in [3.8, 4) is 17.2 Å². The van der Waals surface area contributed by atoms with Crippen LogP contribution < -0.4 is 24.4 Å². The number of benzene rings is 1. The van der Waals surface area contributed by atoms with E-state index in [1.54, 1.807) is 50.2 Å². The average molecular weight is 544 g/mol. The highest BCUT2D eigenvalue weighted by molar-refractivity contribution is 14.0. The second-order valence-electron chi connectivity index (χ2n) is 6.76. The van der Waals surface area contributed by atoms with E-state index in [4.69, 9.17) is 14.2 Å². The average Bonchev–Trinajstić information content (AvgIpc) is 3.19. The van der Waals surface area contributed by atoms with Crippen LogP contribution in [0.1, 0.15) is 5.56 Å². The molecule has 170 valence electrons. The summed E-state index contributed by atoms with van der Waals surface area (Å²) in [5, 5.41) is 7.45. The minimum Gasteiger partial charge on any atom is -0.496 e. The van der Waals surface area contributed by atoms with Gasteiger partial charge in [0.25, 0.3) is 0 Å². The quantitative estimate of drug-likeness (QED) is 0.335. The summed E-state index contributed by atoms with van der Waals surface area (Å²) in [6.45, 7) is 1.90. The number of rotatable bonds is 6. The Kier molecular flexibility index (Phi) is 8.77. The molecule has 0 unspecified atom stereocenters. The van der Waals surface area contributed by atoms with Crippen LogP contribution in [0.4, 0.5) is 5.69 Å². The fraction of sp³-hybridized carbons (Fsp3) is 0.450. The van der Waals surface area contributed by atoms with Gasteiger partial charge in [0.1, 0.15) is 12.3 Å². The smallest absolute Gasteiger partial charge is 0.246 e. The summed E-state index contributed by atoms with van der Waals surface area (Å²) in [7, 11) is 8.31. The lowest BCUT2D eigenvalue weighted by Gasteiger charge is -2.35. The van der Waals surface area contributed by atoms with Crippen LogP contribution in [0.15, 0.2) is 29.5 Å². The first-order valence-corrected chi connectivity index (χ1v) is 9.54. The van der Waals surface area contributed by atoms with Crippen molar-refractivity contribution in [2.45, 2.75) is 6.54 Å². The Labute approximate surface area is 199 Å². The van der Waals surface area contributed by atoms with Crippen LogP contribution in [-0.4, -0.2) is 74.6 Å². The van der Waals surface area contributed by atoms with Crippen molar-refractivity contribution < 1.29 is 19.0 Å². The van der Waals surface area contributed by atoms with Gasteiger partial charge in [-0.3, -0.25) is 14.5 Å². The summed E-state index contributed by atoms with van der Waals surface area (Å²) >= 11 is 0. The largest absolute Gasteiger partial charge is 0.496 e. The standard InChI is InChI=1S/C20H28N6O4.HI/c1-21-20(22-10-14-8-17(29-4)18(30-5)9-16(14)28-3)25-6-7-26(19(27)13-25)15-11-23-24(2)12-15;/h8-9,11-12H,6-7,10,13H2,1-5H3,(H,21,22);1H. The van der Waals surface area contributed by atoms with Gasteiger partial charge in [0, 0.05) is 51.6 Å². The molecule has 10 nitrogen and oxygen atoms in total. The molecule has 1 aromatic carbocycles. The Balaban J connectivity index is 0.00000341. The van der Waals surface area contributed by atoms with E-state index < -0.39 is 0 Å². The van der Waals surface area contributed by atoms with Crippen molar-refractivity contribution in [1.82, 2.24) is 20.0 Å². The molecule has 31 heavy (non-hydrogen) atoms. The lowest BCUT2D eigenvalue weighted by molar-refractivity contribution is -0.120. The molecule has 2 heterocycles. The molecule has 1 aromatic heterocycles. The van der Waals surface area contributed by atoms with E-state index >= 15 is 0 Å². The maximum absolute atomic E-state index is 12.7. The van der Waals surface area contributed by atoms with Gasteiger partial charge in [-0.2, -0.15) is 5.10 Å². The van der Waals surface area contributed by atoms with Gasteiger partial charge in [-0.1, -0.05) is 0 Å². The monoisotopic (exact) mass is 544 g/mol. The molecule has 1 aliphatic heterocycles. The fourth-order valence-corrected chi connectivity index (χ4v) is 3.41. The minimum atomic E-state index is 0. The maximum atomic E-state index is 12.7. The van der Waals surface area contributed by atoms with Gasteiger partial charge in [-0.15, -0.1) is 24.0 Å². The zero-order chi connectivity index (χ0) is 21.7. The number of aromatic nitrogens is 2. The fourth-order valence-electron chi connectivity index (χ4n) is 3.41. The molecule has 0 radical (unpaired) electrons. The number of amides is 1. The second-order valence-corrected chi connectivity index (χ2v) is 6.76. The van der Waals surface area contributed by atoms with E-state index in [1.165, 1.54) is 0 Å². The van der Waals surface area contributed by atoms with Gasteiger partial charge < -0.3 is 29.3 Å². The third-order valence-corrected chi connectivity index (χ3v) is 4.96. The van der Waals surface area contributed by atoms with Crippen LogP contribution in [0.2, 0.25) is 0 Å². The number of nitrogens with zero attached hydrogens (tertiary/aromatic N) is 5. The van der Waals surface area contributed by atoms with Gasteiger partial charge in [-0.25, -0.2) is 0 Å². The van der Waals surface area contributed by atoms with Crippen LogP contribution in [0.5, 0.6) is 17.2 Å². The van der Waals surface area contributed by atoms with Crippen molar-refractivity contribution in [3.05, 3.63) is 30.1 Å². The summed E-state index contributed by atoms with van der Waals surface area (Å²) in [5.74, 6) is 2.53. The Morgan fingerprint density at radius 1 is 1.13 bits per heavy atom. The molecule has 0 saturated carbocycles. The van der Waals surface area contributed by atoms with E-state index in [0.717, 1.165) is 11.3 Å². The molecule has 0 spiro atoms. The Hall–Kier alpha value is -2.70. The number of carbonyl (C=O) groups is 1. The number of methoxy groups -OCH3 is 3. The third-order valence-electron chi connectivity index (χ3n) is 4.96. The lowest BCUT2D eigenvalue weighted by Crippen LogP contribution is -2.55. The molecular formula is C20H29IN6O4. The molecule has 1 aliphatic rings. The molecule has 0 atom stereocenters. The Morgan fingerprint density at radius 3 is 2.35 bits per heavy atom. The topological polar surface area (TPSA) is 93.5 Å². The van der Waals surface area contributed by atoms with Gasteiger partial charge in [-0.05, 0) is 6.07 Å². The van der Waals surface area contributed by atoms with E-state index in [0.29, 0.717) is 42.8 Å². The van der Waals surface area contributed by atoms with Crippen molar-refractivity contribution in [3.63, 3.8) is 0 Å². The number of hydrogen-bond acceptors (Lipinski definition) is 6. The van der Waals surface area contributed by atoms with E-state index in [2.05, 4.69) is 15.4 Å². The zero-order valence-electron chi connectivity index (χ0n) is 18.4. The number of ether oxygens (including phenoxy) is 3. The van der Waals surface area contributed by atoms with E-state index in [-0.39, 0.29) is 36.4 Å². The van der Waals surface area contributed by atoms with Gasteiger partial charge in [0.15, 0.2) is 17.5 Å². The first-order chi connectivity index (χ1) is 14.5. The number of piperazine rings is 1. The van der Waals surface area contributed by atoms with E-state index in [1.807, 2.05) is 24.2 Å². The first-order valence-electron chi connectivity index (χ1n) is 9.54. The SMILES string of the molecule is CN=C(NCc1cc(OC)c(OC)cc1OC)N1CCN(c2cnn(C)c2)C(=O)C1.I. The predicted octanol–water partition coefficient (Wildman–Crippen LogP) is 1.49. The van der Waals surface area contributed by atoms with Crippen LogP contribution in [0.25, 0.3) is 0 Å². The molecule has 1 amide bonds. The van der Waals surface area contributed by atoms with Gasteiger partial charge in [0.2, 0.25) is 5.91 Å². The normalized spacial score (nSPS) is 14.2. The van der Waals surface area contributed by atoms with Crippen molar-refractivity contribution >= 4 is 41.5 Å². The molecule has 1 saturated heterocycles. The summed E-state index contributed by atoms with van der Waals surface area (Å²) < 4.78 is 17.9. The number of hydrogen-bond donors (Lipinski definition) is 1. The number of guanidine groups is 1. The Bertz CT molecular complexity index is 932. The number of halogens is 1. The maximum Gasteiger partial charge on any atom is 0.246 e. The molecule has 3 rings (SSSR count). The number of carbonyl (C=O) groups excluding carboxylic acids is 1. The summed E-state index contributed by atoms with van der Waals surface area (Å²) in [6, 6.07) is 3.65. The minimum absolute atomic E-state index is 0. The lowest BCUT2D eigenvalue weighted by atomic mass is 10.1. The Morgan fingerprint density at radius 2 is 1.81 bits per heavy atom. The number of aryl methyl sites for hydroxylation is 1. The highest BCUT2D eigenvalue weighted by Crippen LogP contribution is 2.34. The van der Waals surface area contributed by atoms with Crippen molar-refractivity contribution in [1.29, 1.82) is 0 Å². The third kappa shape index (κ3) is 5.51. The van der Waals surface area contributed by atoms with Crippen molar-refractivity contribution in [2.24, 2.45) is 12.0 Å². The molecule has 11 heteroatoms. The number of aliphatic imine (C=N–C) groups is 1. The number of nitrogens with one attached hydrogen (secondary N) is 1. The first kappa shape index (κ1) is 24.6. The zero-order valence-corrected chi connectivity index (χ0v) is 20.7. The van der Waals surface area contributed by atoms with Crippen LogP contribution in [-0.2, 0) is 18.4 Å². The molecule has 0 bridgehead atoms. The summed E-state index contributed by atoms with van der Waals surface area (Å²) in [5.41, 5.74) is 1.69. The predicted molar refractivity (Wildman–Crippen MR) is 129 cm³/mol. The van der Waals surface area contributed by atoms with E-state index in [9.17, 15) is 4.79 Å². The van der Waals surface area contributed by atoms with Crippen molar-refractivity contribution in [2.75, 3.05) is 52.9 Å². The molecule has 1 fully saturated rings. The highest BCUT2D eigenvalue weighted by Gasteiger charge is 2.27. The highest BCUT2D eigenvalue weighted by atomic mass is 127. The molecular weight excluding hydrogens is 515 g/mol. The summed E-state index contributed by atoms with van der Waals surface area (Å²) in [4.78, 5) is 20.7. The molecule has 1 N–H and O–H groups in total. The van der Waals surface area contributed by atoms with Crippen LogP contribution >= 0.6 is 24.0 Å². The number of anilines is 1.